The van der Waals surface area contributed by atoms with Gasteiger partial charge >= 0.3 is 0 Å². The maximum Gasteiger partial charge on any atom is 0.0582 e. The van der Waals surface area contributed by atoms with Crippen LogP contribution in [0.4, 0.5) is 0 Å². The minimum atomic E-state index is -1.44. The van der Waals surface area contributed by atoms with Crippen molar-refractivity contribution in [3.05, 3.63) is 0 Å². The predicted octanol–water partition coefficient (Wildman–Crippen LogP) is -10.2. The van der Waals surface area contributed by atoms with Gasteiger partial charge in [-0.2, -0.15) is 0 Å². The molecule has 6 N–H and O–H groups in total. The molecule has 15 heteroatoms. The van der Waals surface area contributed by atoms with E-state index in [2.05, 4.69) is 0 Å². The van der Waals surface area contributed by atoms with Crippen LogP contribution in [0.1, 0.15) is 38.5 Å². The van der Waals surface area contributed by atoms with E-state index in [1.54, 1.807) is 0 Å². The third-order valence-electron chi connectivity index (χ3n) is 2.89. The lowest BCUT2D eigenvalue weighted by atomic mass is 10.2. The molecule has 3 atom stereocenters. The summed E-state index contributed by atoms with van der Waals surface area (Å²) < 4.78 is 0. The van der Waals surface area contributed by atoms with Gasteiger partial charge in [-0.25, -0.2) is 0 Å². The second-order valence-corrected chi connectivity index (χ2v) is 5.51. The zero-order valence-electron chi connectivity index (χ0n) is 15.6. The fraction of sp³-hybridized carbons (Fsp3) is 0.600. The highest BCUT2D eigenvalue weighted by molar-refractivity contribution is 5.73. The first kappa shape index (κ1) is 31.4. The van der Waals surface area contributed by atoms with Crippen molar-refractivity contribution < 1.29 is 59.4 Å². The Balaban J connectivity index is -0.000000364. The number of carbonyl (C=O) groups is 6. The first-order valence-corrected chi connectivity index (χ1v) is 8.10. The number of aliphatic carboxylic acids is 6. The van der Waals surface area contributed by atoms with Gasteiger partial charge in [-0.3, -0.25) is 0 Å². The lowest BCUT2D eigenvalue weighted by molar-refractivity contribution is -0.311. The van der Waals surface area contributed by atoms with Crippen LogP contribution in [0.3, 0.4) is 0 Å². The molecule has 3 unspecified atom stereocenters. The van der Waals surface area contributed by atoms with Crippen LogP contribution in [-0.2, 0) is 28.8 Å². The largest absolute Gasteiger partial charge is 0.550 e. The molecule has 0 aliphatic rings. The minimum Gasteiger partial charge on any atom is -0.550 e. The van der Waals surface area contributed by atoms with Crippen molar-refractivity contribution in [3.8, 4) is 0 Å². The van der Waals surface area contributed by atoms with Crippen LogP contribution >= 0.6 is 0 Å². The maximum absolute atomic E-state index is 9.86. The van der Waals surface area contributed by atoms with Crippen LogP contribution in [0.15, 0.2) is 0 Å². The highest BCUT2D eigenvalue weighted by atomic mass is 16.4. The maximum atomic E-state index is 9.86. The van der Waals surface area contributed by atoms with Crippen LogP contribution in [0, 0.1) is 0 Å². The Morgan fingerprint density at radius 2 is 0.633 bits per heavy atom. The van der Waals surface area contributed by atoms with E-state index in [1.165, 1.54) is 0 Å². The number of hydrogen-bond acceptors (Lipinski definition) is 15. The lowest BCUT2D eigenvalue weighted by Crippen LogP contribution is -2.42. The number of nitrogens with two attached hydrogens (primary N) is 3. The molecule has 0 rings (SSSR count). The number of carboxylic acid groups (broad SMARTS) is 6. The van der Waals surface area contributed by atoms with Gasteiger partial charge in [0, 0.05) is 36.0 Å². The molecule has 0 aromatic heterocycles. The Kier molecular flexibility index (Phi) is 18.6. The summed E-state index contributed by atoms with van der Waals surface area (Å²) in [6, 6.07) is -3.63. The number of carboxylic acids is 6. The molecule has 0 heterocycles. The van der Waals surface area contributed by atoms with Crippen molar-refractivity contribution in [1.82, 2.24) is 0 Å². The number of rotatable bonds is 12. The van der Waals surface area contributed by atoms with E-state index in [0.29, 0.717) is 0 Å². The van der Waals surface area contributed by atoms with E-state index in [1.807, 2.05) is 0 Å². The van der Waals surface area contributed by atoms with Crippen molar-refractivity contribution in [1.29, 1.82) is 0 Å². The molecule has 0 aliphatic carbocycles. The fourth-order valence-corrected chi connectivity index (χ4v) is 1.17. The Morgan fingerprint density at radius 1 is 0.467 bits per heavy atom. The van der Waals surface area contributed by atoms with E-state index in [-0.39, 0.29) is 38.5 Å². The lowest BCUT2D eigenvalue weighted by Gasteiger charge is -2.11. The van der Waals surface area contributed by atoms with Gasteiger partial charge in [0.2, 0.25) is 0 Å². The summed E-state index contributed by atoms with van der Waals surface area (Å²) >= 11 is 0. The third kappa shape index (κ3) is 24.7. The first-order valence-electron chi connectivity index (χ1n) is 8.10. The predicted molar refractivity (Wildman–Crippen MR) is 81.7 cm³/mol. The van der Waals surface area contributed by atoms with Crippen LogP contribution in [0.25, 0.3) is 0 Å². The molecule has 0 radical (unpaired) electrons. The SMILES string of the molecule is NC(CCC(=O)[O-])C(=O)[O-].NC(CCC(=O)[O-])C(=O)[O-].NC(CCC(=O)[O-])C(=O)[O-]. The molecule has 0 bridgehead atoms. The van der Waals surface area contributed by atoms with Crippen LogP contribution in [-0.4, -0.2) is 53.9 Å². The van der Waals surface area contributed by atoms with E-state index < -0.39 is 53.9 Å². The average Bonchev–Trinajstić information content (AvgIpc) is 2.62. The van der Waals surface area contributed by atoms with Gasteiger partial charge in [-0.05, 0) is 38.5 Å². The average molecular weight is 435 g/mol. The van der Waals surface area contributed by atoms with Gasteiger partial charge in [0.05, 0.1) is 17.9 Å². The highest BCUT2D eigenvalue weighted by Crippen LogP contribution is 1.92. The summed E-state index contributed by atoms with van der Waals surface area (Å²) in [5.74, 6) is -8.26. The van der Waals surface area contributed by atoms with Crippen molar-refractivity contribution in [2.24, 2.45) is 17.2 Å². The zero-order chi connectivity index (χ0) is 24.4. The Morgan fingerprint density at radius 3 is 0.733 bits per heavy atom. The Bertz CT molecular complexity index is 515. The van der Waals surface area contributed by atoms with Crippen molar-refractivity contribution >= 4 is 35.8 Å². The molecule has 0 amide bonds. The van der Waals surface area contributed by atoms with Gasteiger partial charge in [-0.15, -0.1) is 0 Å². The Labute approximate surface area is 170 Å². The molecule has 0 saturated carbocycles. The quantitative estimate of drug-likeness (QED) is 0.256. The van der Waals surface area contributed by atoms with Crippen LogP contribution in [0.2, 0.25) is 0 Å². The van der Waals surface area contributed by atoms with Crippen LogP contribution in [0.5, 0.6) is 0 Å². The summed E-state index contributed by atoms with van der Waals surface area (Å²) in [4.78, 5) is 58.8. The molecule has 174 valence electrons. The molecule has 0 aromatic carbocycles. The third-order valence-corrected chi connectivity index (χ3v) is 2.89. The van der Waals surface area contributed by atoms with Crippen molar-refractivity contribution in [2.45, 2.75) is 56.7 Å². The van der Waals surface area contributed by atoms with Gasteiger partial charge in [0.1, 0.15) is 0 Å². The molecule has 0 spiro atoms. The molecule has 0 aromatic rings. The molecular formula is C15H21N3O12-6. The fourth-order valence-electron chi connectivity index (χ4n) is 1.17. The van der Waals surface area contributed by atoms with Crippen molar-refractivity contribution in [3.63, 3.8) is 0 Å². The minimum absolute atomic E-state index is 0.148. The van der Waals surface area contributed by atoms with Gasteiger partial charge < -0.3 is 76.6 Å². The van der Waals surface area contributed by atoms with Gasteiger partial charge in [-0.1, -0.05) is 0 Å². The summed E-state index contributed by atoms with van der Waals surface area (Å²) in [6.45, 7) is 0. The molecule has 30 heavy (non-hydrogen) atoms. The van der Waals surface area contributed by atoms with Gasteiger partial charge in [0.15, 0.2) is 0 Å². The van der Waals surface area contributed by atoms with E-state index in [9.17, 15) is 59.4 Å². The molecular weight excluding hydrogens is 414 g/mol. The summed E-state index contributed by atoms with van der Waals surface area (Å²) in [7, 11) is 0. The molecule has 15 nitrogen and oxygen atoms in total. The van der Waals surface area contributed by atoms with Gasteiger partial charge in [0.25, 0.3) is 0 Å². The summed E-state index contributed by atoms with van der Waals surface area (Å²) in [5, 5.41) is 58.8. The molecule has 0 aliphatic heterocycles. The monoisotopic (exact) mass is 435 g/mol. The van der Waals surface area contributed by atoms with E-state index in [0.717, 1.165) is 0 Å². The topological polar surface area (TPSA) is 319 Å². The van der Waals surface area contributed by atoms with Crippen molar-refractivity contribution in [2.75, 3.05) is 0 Å². The van der Waals surface area contributed by atoms with E-state index in [4.69, 9.17) is 17.2 Å². The normalized spacial score (nSPS) is 12.5. The van der Waals surface area contributed by atoms with Crippen LogP contribution < -0.4 is 47.8 Å². The Hall–Kier alpha value is -3.30. The summed E-state index contributed by atoms with van der Waals surface area (Å²) in [6.07, 6.45) is -1.50. The molecule has 0 fully saturated rings. The molecule has 0 saturated heterocycles. The zero-order valence-corrected chi connectivity index (χ0v) is 15.6. The highest BCUT2D eigenvalue weighted by Gasteiger charge is 2.02. The second-order valence-electron chi connectivity index (χ2n) is 5.51. The first-order chi connectivity index (χ1) is 13.6. The second kappa shape index (κ2) is 17.8. The number of hydrogen-bond donors (Lipinski definition) is 3. The smallest absolute Gasteiger partial charge is 0.0582 e. The summed E-state index contributed by atoms with van der Waals surface area (Å²) in [5.41, 5.74) is 14.7. The number of carbonyl (C=O) groups excluding carboxylic acids is 6. The van der Waals surface area contributed by atoms with E-state index >= 15 is 0 Å². The standard InChI is InChI=1S/3C5H9NO4/c3*6-3(5(9)10)1-2-4(7)8/h3*3H,1-2,6H2,(H,7,8)(H,9,10)/p-6.